The number of carbonyl (C=O) groups is 1. The molecule has 0 fully saturated rings. The summed E-state index contributed by atoms with van der Waals surface area (Å²) in [6.45, 7) is 4.20. The molecular formula is C16H26N2O2. The fourth-order valence-corrected chi connectivity index (χ4v) is 2.08. The van der Waals surface area contributed by atoms with E-state index in [4.69, 9.17) is 0 Å². The van der Waals surface area contributed by atoms with Crippen molar-refractivity contribution in [3.63, 3.8) is 0 Å². The summed E-state index contributed by atoms with van der Waals surface area (Å²) in [6, 6.07) is 9.85. The summed E-state index contributed by atoms with van der Waals surface area (Å²) in [5, 5.41) is 12.6. The van der Waals surface area contributed by atoms with E-state index in [0.29, 0.717) is 13.0 Å². The molecule has 4 nitrogen and oxygen atoms in total. The highest BCUT2D eigenvalue weighted by molar-refractivity contribution is 5.81. The maximum atomic E-state index is 12.0. The van der Waals surface area contributed by atoms with Gasteiger partial charge in [-0.25, -0.2) is 0 Å². The molecule has 1 rings (SSSR count). The van der Waals surface area contributed by atoms with Crippen LogP contribution in [-0.4, -0.2) is 48.7 Å². The molecule has 1 aromatic rings. The van der Waals surface area contributed by atoms with Crippen molar-refractivity contribution >= 4 is 5.91 Å². The second-order valence-electron chi connectivity index (χ2n) is 5.58. The van der Waals surface area contributed by atoms with Gasteiger partial charge < -0.3 is 10.4 Å². The normalized spacial score (nSPS) is 15.7. The Kier molecular flexibility index (Phi) is 6.68. The number of aliphatic hydroxyl groups is 1. The van der Waals surface area contributed by atoms with E-state index in [1.54, 1.807) is 6.92 Å². The van der Waals surface area contributed by atoms with Gasteiger partial charge in [0.25, 0.3) is 0 Å². The van der Waals surface area contributed by atoms with Gasteiger partial charge in [0.15, 0.2) is 0 Å². The minimum absolute atomic E-state index is 0.0153. The molecule has 4 heteroatoms. The van der Waals surface area contributed by atoms with Crippen LogP contribution in [0.5, 0.6) is 0 Å². The third kappa shape index (κ3) is 5.31. The third-order valence-corrected chi connectivity index (χ3v) is 3.57. The Hall–Kier alpha value is -1.39. The van der Waals surface area contributed by atoms with Crippen LogP contribution in [0.25, 0.3) is 0 Å². The van der Waals surface area contributed by atoms with Crippen molar-refractivity contribution in [1.82, 2.24) is 10.2 Å². The maximum Gasteiger partial charge on any atom is 0.237 e. The Morgan fingerprint density at radius 2 is 1.85 bits per heavy atom. The lowest BCUT2D eigenvalue weighted by Gasteiger charge is -2.23. The van der Waals surface area contributed by atoms with Gasteiger partial charge in [-0.05, 0) is 39.9 Å². The minimum atomic E-state index is -0.386. The quantitative estimate of drug-likeness (QED) is 0.796. The molecule has 2 unspecified atom stereocenters. The zero-order valence-corrected chi connectivity index (χ0v) is 12.8. The average Bonchev–Trinajstić information content (AvgIpc) is 2.42. The minimum Gasteiger partial charge on any atom is -0.393 e. The second-order valence-corrected chi connectivity index (χ2v) is 5.58. The van der Waals surface area contributed by atoms with Crippen LogP contribution in [0, 0.1) is 0 Å². The second kappa shape index (κ2) is 8.02. The fraction of sp³-hybridized carbons (Fsp3) is 0.562. The van der Waals surface area contributed by atoms with Crippen LogP contribution in [0.4, 0.5) is 0 Å². The van der Waals surface area contributed by atoms with E-state index < -0.39 is 0 Å². The summed E-state index contributed by atoms with van der Waals surface area (Å²) in [7, 11) is 3.77. The SMILES string of the molecule is CC(O)CC(CNC(=O)[C@H](C)N(C)C)c1ccccc1. The molecule has 1 aromatic carbocycles. The van der Waals surface area contributed by atoms with Crippen molar-refractivity contribution < 1.29 is 9.90 Å². The average molecular weight is 278 g/mol. The van der Waals surface area contributed by atoms with Gasteiger partial charge in [0.05, 0.1) is 12.1 Å². The Morgan fingerprint density at radius 1 is 1.25 bits per heavy atom. The van der Waals surface area contributed by atoms with Crippen LogP contribution in [0.3, 0.4) is 0 Å². The van der Waals surface area contributed by atoms with E-state index in [-0.39, 0.29) is 24.0 Å². The van der Waals surface area contributed by atoms with Gasteiger partial charge in [-0.15, -0.1) is 0 Å². The molecule has 0 aliphatic heterocycles. The van der Waals surface area contributed by atoms with Gasteiger partial charge in [0.2, 0.25) is 5.91 Å². The lowest BCUT2D eigenvalue weighted by atomic mass is 9.93. The smallest absolute Gasteiger partial charge is 0.237 e. The van der Waals surface area contributed by atoms with Crippen molar-refractivity contribution in [3.05, 3.63) is 35.9 Å². The van der Waals surface area contributed by atoms with Crippen molar-refractivity contribution in [2.24, 2.45) is 0 Å². The van der Waals surface area contributed by atoms with E-state index in [1.165, 1.54) is 0 Å². The van der Waals surface area contributed by atoms with E-state index in [1.807, 2.05) is 56.3 Å². The molecule has 20 heavy (non-hydrogen) atoms. The van der Waals surface area contributed by atoms with Crippen LogP contribution < -0.4 is 5.32 Å². The number of hydrogen-bond donors (Lipinski definition) is 2. The van der Waals surface area contributed by atoms with Crippen LogP contribution in [0.15, 0.2) is 30.3 Å². The first-order valence-electron chi connectivity index (χ1n) is 7.09. The Bertz CT molecular complexity index is 404. The lowest BCUT2D eigenvalue weighted by molar-refractivity contribution is -0.125. The Balaban J connectivity index is 2.65. The van der Waals surface area contributed by atoms with Crippen molar-refractivity contribution in [2.45, 2.75) is 38.3 Å². The molecule has 0 aliphatic rings. The molecule has 0 bridgehead atoms. The monoisotopic (exact) mass is 278 g/mol. The van der Waals surface area contributed by atoms with Crippen LogP contribution in [-0.2, 0) is 4.79 Å². The predicted octanol–water partition coefficient (Wildman–Crippen LogP) is 1.61. The molecule has 0 saturated heterocycles. The molecule has 2 N–H and O–H groups in total. The molecule has 0 radical (unpaired) electrons. The first-order chi connectivity index (χ1) is 9.41. The maximum absolute atomic E-state index is 12.0. The lowest BCUT2D eigenvalue weighted by Crippen LogP contribution is -2.43. The third-order valence-electron chi connectivity index (χ3n) is 3.57. The van der Waals surface area contributed by atoms with Crippen molar-refractivity contribution in [2.75, 3.05) is 20.6 Å². The number of nitrogens with zero attached hydrogens (tertiary/aromatic N) is 1. The standard InChI is InChI=1S/C16H26N2O2/c1-12(19)10-15(14-8-6-5-7-9-14)11-17-16(20)13(2)18(3)4/h5-9,12-13,15,19H,10-11H2,1-4H3,(H,17,20)/t12?,13-,15?/m0/s1. The van der Waals surface area contributed by atoms with Gasteiger partial charge >= 0.3 is 0 Å². The Morgan fingerprint density at radius 3 is 2.35 bits per heavy atom. The van der Waals surface area contributed by atoms with Gasteiger partial charge in [0.1, 0.15) is 0 Å². The number of nitrogens with one attached hydrogen (secondary N) is 1. The summed E-state index contributed by atoms with van der Waals surface area (Å²) in [5.41, 5.74) is 1.14. The first kappa shape index (κ1) is 16.7. The largest absolute Gasteiger partial charge is 0.393 e. The molecule has 1 amide bonds. The highest BCUT2D eigenvalue weighted by Crippen LogP contribution is 2.20. The molecular weight excluding hydrogens is 252 g/mol. The highest BCUT2D eigenvalue weighted by atomic mass is 16.3. The van der Waals surface area contributed by atoms with Crippen LogP contribution >= 0.6 is 0 Å². The molecule has 0 aliphatic carbocycles. The summed E-state index contributed by atoms with van der Waals surface area (Å²) < 4.78 is 0. The number of aliphatic hydroxyl groups excluding tert-OH is 1. The van der Waals surface area contributed by atoms with Gasteiger partial charge in [-0.1, -0.05) is 30.3 Å². The number of likely N-dealkylation sites (N-methyl/N-ethyl adjacent to an activating group) is 1. The van der Waals surface area contributed by atoms with E-state index in [9.17, 15) is 9.90 Å². The van der Waals surface area contributed by atoms with Crippen LogP contribution in [0.2, 0.25) is 0 Å². The van der Waals surface area contributed by atoms with E-state index in [2.05, 4.69) is 5.32 Å². The Labute approximate surface area is 121 Å². The number of amides is 1. The number of hydrogen-bond acceptors (Lipinski definition) is 3. The van der Waals surface area contributed by atoms with Crippen molar-refractivity contribution in [3.8, 4) is 0 Å². The molecule has 112 valence electrons. The summed E-state index contributed by atoms with van der Waals surface area (Å²) in [6.07, 6.45) is 0.254. The summed E-state index contributed by atoms with van der Waals surface area (Å²) in [4.78, 5) is 13.9. The van der Waals surface area contributed by atoms with Crippen LogP contribution in [0.1, 0.15) is 31.7 Å². The van der Waals surface area contributed by atoms with Crippen molar-refractivity contribution in [1.29, 1.82) is 0 Å². The highest BCUT2D eigenvalue weighted by Gasteiger charge is 2.18. The number of benzene rings is 1. The van der Waals surface area contributed by atoms with Gasteiger partial charge in [0, 0.05) is 12.5 Å². The number of rotatable bonds is 7. The molecule has 0 spiro atoms. The molecule has 0 aromatic heterocycles. The number of carbonyl (C=O) groups excluding carboxylic acids is 1. The topological polar surface area (TPSA) is 52.6 Å². The van der Waals surface area contributed by atoms with E-state index >= 15 is 0 Å². The molecule has 0 saturated carbocycles. The predicted molar refractivity (Wildman–Crippen MR) is 81.6 cm³/mol. The first-order valence-corrected chi connectivity index (χ1v) is 7.09. The fourth-order valence-electron chi connectivity index (χ4n) is 2.08. The van der Waals surface area contributed by atoms with Gasteiger partial charge in [-0.3, -0.25) is 9.69 Å². The van der Waals surface area contributed by atoms with Gasteiger partial charge in [-0.2, -0.15) is 0 Å². The molecule has 0 heterocycles. The molecule has 3 atom stereocenters. The summed E-state index contributed by atoms with van der Waals surface area (Å²) in [5.74, 6) is 0.149. The zero-order chi connectivity index (χ0) is 15.1. The zero-order valence-electron chi connectivity index (χ0n) is 12.8. The summed E-state index contributed by atoms with van der Waals surface area (Å²) >= 11 is 0. The van der Waals surface area contributed by atoms with E-state index in [0.717, 1.165) is 5.56 Å².